The van der Waals surface area contributed by atoms with Crippen LogP contribution in [0.3, 0.4) is 0 Å². The van der Waals surface area contributed by atoms with Crippen molar-refractivity contribution in [3.05, 3.63) is 59.7 Å². The molecule has 144 valence electrons. The molecule has 5 nitrogen and oxygen atoms in total. The van der Waals surface area contributed by atoms with E-state index in [4.69, 9.17) is 4.74 Å². The van der Waals surface area contributed by atoms with Gasteiger partial charge in [0.25, 0.3) is 5.91 Å². The molecule has 0 aliphatic rings. The van der Waals surface area contributed by atoms with Crippen molar-refractivity contribution in [3.8, 4) is 0 Å². The number of nitrogens with one attached hydrogen (secondary N) is 1. The SMILES string of the molecule is C[C@H](OC(=O)c1ccccc1[S@](C)=O)C(=O)Nc1ccccc1C(F)(F)F. The second-order valence-electron chi connectivity index (χ2n) is 5.53. The first-order chi connectivity index (χ1) is 12.6. The molecule has 0 saturated carbocycles. The predicted octanol–water partition coefficient (Wildman–Crippen LogP) is 3.63. The van der Waals surface area contributed by atoms with Gasteiger partial charge in [0, 0.05) is 6.26 Å². The van der Waals surface area contributed by atoms with Crippen molar-refractivity contribution in [1.29, 1.82) is 0 Å². The number of alkyl halides is 3. The molecule has 0 heterocycles. The maximum atomic E-state index is 13.0. The number of rotatable bonds is 5. The van der Waals surface area contributed by atoms with Crippen molar-refractivity contribution in [2.45, 2.75) is 24.1 Å². The van der Waals surface area contributed by atoms with Gasteiger partial charge >= 0.3 is 12.1 Å². The number of anilines is 1. The maximum Gasteiger partial charge on any atom is 0.418 e. The Morgan fingerprint density at radius 2 is 1.67 bits per heavy atom. The molecule has 2 atom stereocenters. The van der Waals surface area contributed by atoms with Gasteiger partial charge < -0.3 is 10.1 Å². The van der Waals surface area contributed by atoms with Crippen LogP contribution in [0.4, 0.5) is 18.9 Å². The number of esters is 1. The summed E-state index contributed by atoms with van der Waals surface area (Å²) in [6.07, 6.45) is -4.62. The molecule has 2 aromatic rings. The topological polar surface area (TPSA) is 72.5 Å². The van der Waals surface area contributed by atoms with Crippen molar-refractivity contribution < 1.29 is 31.7 Å². The van der Waals surface area contributed by atoms with Crippen LogP contribution < -0.4 is 5.32 Å². The zero-order valence-electron chi connectivity index (χ0n) is 14.4. The van der Waals surface area contributed by atoms with Crippen LogP contribution in [0.5, 0.6) is 0 Å². The molecule has 1 amide bonds. The summed E-state index contributed by atoms with van der Waals surface area (Å²) in [5, 5.41) is 2.11. The molecule has 0 saturated heterocycles. The Morgan fingerprint density at radius 3 is 2.30 bits per heavy atom. The Morgan fingerprint density at radius 1 is 1.07 bits per heavy atom. The molecule has 0 aliphatic heterocycles. The summed E-state index contributed by atoms with van der Waals surface area (Å²) in [6.45, 7) is 1.23. The van der Waals surface area contributed by atoms with Crippen molar-refractivity contribution in [2.75, 3.05) is 11.6 Å². The van der Waals surface area contributed by atoms with Gasteiger partial charge in [-0.05, 0) is 31.2 Å². The molecule has 2 aromatic carbocycles. The minimum atomic E-state index is -4.64. The van der Waals surface area contributed by atoms with E-state index in [1.54, 1.807) is 6.07 Å². The summed E-state index contributed by atoms with van der Waals surface area (Å²) in [5.41, 5.74) is -1.43. The van der Waals surface area contributed by atoms with E-state index in [1.807, 2.05) is 0 Å². The van der Waals surface area contributed by atoms with Gasteiger partial charge in [0.2, 0.25) is 0 Å². The zero-order chi connectivity index (χ0) is 20.2. The summed E-state index contributed by atoms with van der Waals surface area (Å²) >= 11 is 0. The van der Waals surface area contributed by atoms with Crippen molar-refractivity contribution in [1.82, 2.24) is 0 Å². The Kier molecular flexibility index (Phi) is 6.37. The molecular formula is C18H16F3NO4S. The van der Waals surface area contributed by atoms with E-state index in [1.165, 1.54) is 43.5 Å². The van der Waals surface area contributed by atoms with Crippen molar-refractivity contribution >= 4 is 28.4 Å². The number of carbonyl (C=O) groups excluding carboxylic acids is 2. The predicted molar refractivity (Wildman–Crippen MR) is 93.7 cm³/mol. The fraction of sp³-hybridized carbons (Fsp3) is 0.222. The highest BCUT2D eigenvalue weighted by Crippen LogP contribution is 2.34. The summed E-state index contributed by atoms with van der Waals surface area (Å²) in [6, 6.07) is 10.5. The highest BCUT2D eigenvalue weighted by atomic mass is 32.2. The Hall–Kier alpha value is -2.68. The molecule has 0 aliphatic carbocycles. The van der Waals surface area contributed by atoms with Gasteiger partial charge in [-0.2, -0.15) is 13.2 Å². The van der Waals surface area contributed by atoms with Gasteiger partial charge in [-0.25, -0.2) is 4.79 Å². The quantitative estimate of drug-likeness (QED) is 0.780. The average Bonchev–Trinajstić information content (AvgIpc) is 2.61. The lowest BCUT2D eigenvalue weighted by molar-refractivity contribution is -0.137. The van der Waals surface area contributed by atoms with Crippen molar-refractivity contribution in [3.63, 3.8) is 0 Å². The molecule has 1 N–H and O–H groups in total. The Bertz CT molecular complexity index is 883. The number of hydrogen-bond acceptors (Lipinski definition) is 4. The fourth-order valence-corrected chi connectivity index (χ4v) is 2.97. The van der Waals surface area contributed by atoms with E-state index in [0.29, 0.717) is 0 Å². The molecule has 27 heavy (non-hydrogen) atoms. The number of benzene rings is 2. The van der Waals surface area contributed by atoms with Crippen LogP contribution in [-0.4, -0.2) is 28.4 Å². The number of ether oxygens (including phenoxy) is 1. The Balaban J connectivity index is 2.14. The fourth-order valence-electron chi connectivity index (χ4n) is 2.24. The summed E-state index contributed by atoms with van der Waals surface area (Å²) < 4.78 is 55.7. The summed E-state index contributed by atoms with van der Waals surface area (Å²) in [7, 11) is -1.46. The first kappa shape index (κ1) is 20.6. The third-order valence-electron chi connectivity index (χ3n) is 3.56. The van der Waals surface area contributed by atoms with Gasteiger partial charge in [-0.3, -0.25) is 9.00 Å². The highest BCUT2D eigenvalue weighted by molar-refractivity contribution is 7.84. The standard InChI is InChI=1S/C18H16F3NO4S/c1-11(26-17(24)12-7-3-6-10-15(12)27(2)25)16(23)22-14-9-5-4-8-13(14)18(19,20)21/h3-11H,1-2H3,(H,22,23)/t11-,27-/m0/s1. The van der Waals surface area contributed by atoms with Gasteiger partial charge in [0.15, 0.2) is 6.10 Å². The minimum Gasteiger partial charge on any atom is -0.449 e. The second kappa shape index (κ2) is 8.34. The highest BCUT2D eigenvalue weighted by Gasteiger charge is 2.34. The lowest BCUT2D eigenvalue weighted by Crippen LogP contribution is -2.31. The van der Waals surface area contributed by atoms with E-state index < -0.39 is 46.2 Å². The third-order valence-corrected chi connectivity index (χ3v) is 4.54. The van der Waals surface area contributed by atoms with Crippen LogP contribution in [0.2, 0.25) is 0 Å². The van der Waals surface area contributed by atoms with Crippen LogP contribution in [0.15, 0.2) is 53.4 Å². The third kappa shape index (κ3) is 5.16. The number of hydrogen-bond donors (Lipinski definition) is 1. The zero-order valence-corrected chi connectivity index (χ0v) is 15.2. The molecular weight excluding hydrogens is 383 g/mol. The van der Waals surface area contributed by atoms with Crippen LogP contribution in [0, 0.1) is 0 Å². The minimum absolute atomic E-state index is 0.0219. The number of halogens is 3. The number of amides is 1. The van der Waals surface area contributed by atoms with Crippen molar-refractivity contribution in [2.24, 2.45) is 0 Å². The second-order valence-corrected chi connectivity index (χ2v) is 6.88. The first-order valence-corrected chi connectivity index (χ1v) is 9.27. The number of carbonyl (C=O) groups is 2. The van der Waals surface area contributed by atoms with Gasteiger partial charge in [-0.15, -0.1) is 0 Å². The van der Waals surface area contributed by atoms with Gasteiger partial charge in [0.05, 0.1) is 32.5 Å². The molecule has 2 rings (SSSR count). The van der Waals surface area contributed by atoms with E-state index in [-0.39, 0.29) is 10.5 Å². The van der Waals surface area contributed by atoms with Crippen LogP contribution in [0.1, 0.15) is 22.8 Å². The molecule has 0 bridgehead atoms. The van der Waals surface area contributed by atoms with Crippen LogP contribution in [-0.2, 0) is 26.5 Å². The maximum absolute atomic E-state index is 13.0. The lowest BCUT2D eigenvalue weighted by atomic mass is 10.1. The molecule has 0 fully saturated rings. The first-order valence-electron chi connectivity index (χ1n) is 7.71. The van der Waals surface area contributed by atoms with E-state index in [9.17, 15) is 27.0 Å². The van der Waals surface area contributed by atoms with E-state index in [0.717, 1.165) is 12.1 Å². The van der Waals surface area contributed by atoms with E-state index in [2.05, 4.69) is 5.32 Å². The van der Waals surface area contributed by atoms with Crippen LogP contribution in [0.25, 0.3) is 0 Å². The number of para-hydroxylation sites is 1. The van der Waals surface area contributed by atoms with Gasteiger partial charge in [0.1, 0.15) is 0 Å². The molecule has 9 heteroatoms. The van der Waals surface area contributed by atoms with Crippen LogP contribution >= 0.6 is 0 Å². The van der Waals surface area contributed by atoms with Gasteiger partial charge in [-0.1, -0.05) is 24.3 Å². The van der Waals surface area contributed by atoms with E-state index >= 15 is 0 Å². The monoisotopic (exact) mass is 399 g/mol. The summed E-state index contributed by atoms with van der Waals surface area (Å²) in [4.78, 5) is 24.6. The average molecular weight is 399 g/mol. The molecule has 0 aromatic heterocycles. The largest absolute Gasteiger partial charge is 0.449 e. The lowest BCUT2D eigenvalue weighted by Gasteiger charge is -2.17. The molecule has 0 spiro atoms. The normalized spacial score (nSPS) is 13.5. The molecule has 0 unspecified atom stereocenters. The Labute approximate surface area is 156 Å². The summed E-state index contributed by atoms with van der Waals surface area (Å²) in [5.74, 6) is -1.82. The smallest absolute Gasteiger partial charge is 0.418 e. The molecule has 0 radical (unpaired) electrons.